The average Bonchev–Trinajstić information content (AvgIpc) is 3.30. The normalized spacial score (nSPS) is 15.4. The highest BCUT2D eigenvalue weighted by Crippen LogP contribution is 2.46. The van der Waals surface area contributed by atoms with Crippen molar-refractivity contribution in [1.29, 1.82) is 0 Å². The van der Waals surface area contributed by atoms with Gasteiger partial charge in [-0.25, -0.2) is 0 Å². The molecule has 3 N–H and O–H groups in total. The number of methoxy groups -OCH3 is 1. The molecule has 31 heavy (non-hydrogen) atoms. The summed E-state index contributed by atoms with van der Waals surface area (Å²) in [6.45, 7) is 2.69. The third-order valence-electron chi connectivity index (χ3n) is 5.60. The van der Waals surface area contributed by atoms with E-state index < -0.39 is 6.04 Å². The second-order valence-corrected chi connectivity index (χ2v) is 8.00. The molecule has 8 heteroatoms. The zero-order valence-corrected chi connectivity index (χ0v) is 18.1. The van der Waals surface area contributed by atoms with Crippen LogP contribution < -0.4 is 4.74 Å². The van der Waals surface area contributed by atoms with Crippen molar-refractivity contribution in [2.75, 3.05) is 13.7 Å². The first-order chi connectivity index (χ1) is 15.0. The number of phenolic OH excluding ortho intramolecular Hbond substituents is 2. The molecule has 2 heterocycles. The Balaban J connectivity index is 1.88. The van der Waals surface area contributed by atoms with Crippen LogP contribution in [0.1, 0.15) is 53.8 Å². The summed E-state index contributed by atoms with van der Waals surface area (Å²) in [6.07, 6.45) is 2.90. The summed E-state index contributed by atoms with van der Waals surface area (Å²) >= 11 is 6.17. The van der Waals surface area contributed by atoms with E-state index >= 15 is 0 Å². The number of halogens is 1. The van der Waals surface area contributed by atoms with Crippen LogP contribution in [0.5, 0.6) is 17.2 Å². The summed E-state index contributed by atoms with van der Waals surface area (Å²) in [4.78, 5) is 15.1. The molecule has 1 aromatic heterocycles. The van der Waals surface area contributed by atoms with Gasteiger partial charge in [0.15, 0.2) is 11.5 Å². The van der Waals surface area contributed by atoms with Crippen molar-refractivity contribution < 1.29 is 19.7 Å². The quantitative estimate of drug-likeness (QED) is 0.453. The van der Waals surface area contributed by atoms with Crippen molar-refractivity contribution in [2.24, 2.45) is 0 Å². The van der Waals surface area contributed by atoms with Gasteiger partial charge in [0.05, 0.1) is 13.2 Å². The monoisotopic (exact) mass is 441 g/mol. The number of unbranched alkanes of at least 4 members (excludes halogenated alkanes) is 2. The fourth-order valence-electron chi connectivity index (χ4n) is 4.07. The van der Waals surface area contributed by atoms with Crippen molar-refractivity contribution >= 4 is 17.5 Å². The Morgan fingerprint density at radius 3 is 2.68 bits per heavy atom. The lowest BCUT2D eigenvalue weighted by Gasteiger charge is -2.27. The molecule has 0 aliphatic carbocycles. The van der Waals surface area contributed by atoms with Crippen LogP contribution in [0.15, 0.2) is 36.4 Å². The molecule has 3 aromatic rings. The summed E-state index contributed by atoms with van der Waals surface area (Å²) < 4.78 is 5.29. The molecule has 1 unspecified atom stereocenters. The average molecular weight is 442 g/mol. The first kappa shape index (κ1) is 21.1. The SMILES string of the molecule is CCCCCN1C(=O)c2[nH]nc(-c3cc(Cl)ccc3O)c2C1c1ccc(O)c(OC)c1. The molecule has 2 aromatic carbocycles. The molecule has 7 nitrogen and oxygen atoms in total. The fourth-order valence-corrected chi connectivity index (χ4v) is 4.25. The number of hydrogen-bond donors (Lipinski definition) is 3. The Kier molecular flexibility index (Phi) is 5.78. The number of rotatable bonds is 7. The van der Waals surface area contributed by atoms with E-state index in [0.717, 1.165) is 24.8 Å². The molecule has 1 amide bonds. The van der Waals surface area contributed by atoms with E-state index in [-0.39, 0.29) is 17.4 Å². The molecule has 0 fully saturated rings. The number of hydrogen-bond acceptors (Lipinski definition) is 5. The van der Waals surface area contributed by atoms with Crippen LogP contribution in [-0.2, 0) is 0 Å². The van der Waals surface area contributed by atoms with E-state index in [0.29, 0.717) is 39.8 Å². The number of nitrogens with one attached hydrogen (secondary N) is 1. The van der Waals surface area contributed by atoms with Crippen molar-refractivity contribution in [2.45, 2.75) is 32.2 Å². The summed E-state index contributed by atoms with van der Waals surface area (Å²) in [5, 5.41) is 28.2. The van der Waals surface area contributed by atoms with Crippen molar-refractivity contribution in [3.05, 3.63) is 58.2 Å². The fraction of sp³-hybridized carbons (Fsp3) is 0.304. The van der Waals surface area contributed by atoms with E-state index in [1.54, 1.807) is 35.2 Å². The minimum atomic E-state index is -0.444. The molecule has 0 saturated carbocycles. The Morgan fingerprint density at radius 1 is 1.16 bits per heavy atom. The molecular weight excluding hydrogens is 418 g/mol. The smallest absolute Gasteiger partial charge is 0.273 e. The number of fused-ring (bicyclic) bond motifs is 1. The molecule has 0 spiro atoms. The lowest BCUT2D eigenvalue weighted by atomic mass is 9.95. The van der Waals surface area contributed by atoms with Gasteiger partial charge in [0.2, 0.25) is 0 Å². The third-order valence-corrected chi connectivity index (χ3v) is 5.83. The highest BCUT2D eigenvalue weighted by atomic mass is 35.5. The second-order valence-electron chi connectivity index (χ2n) is 7.56. The van der Waals surface area contributed by atoms with Gasteiger partial charge in [-0.3, -0.25) is 9.89 Å². The number of carbonyl (C=O) groups is 1. The maximum absolute atomic E-state index is 13.3. The summed E-state index contributed by atoms with van der Waals surface area (Å²) in [5.74, 6) is 0.219. The maximum Gasteiger partial charge on any atom is 0.273 e. The number of aromatic nitrogens is 2. The van der Waals surface area contributed by atoms with Crippen LogP contribution in [0.4, 0.5) is 0 Å². The van der Waals surface area contributed by atoms with Crippen LogP contribution >= 0.6 is 11.6 Å². The summed E-state index contributed by atoms with van der Waals surface area (Å²) in [7, 11) is 1.48. The van der Waals surface area contributed by atoms with Gasteiger partial charge in [0.1, 0.15) is 17.1 Å². The Labute approximate surface area is 185 Å². The topological polar surface area (TPSA) is 98.7 Å². The van der Waals surface area contributed by atoms with Gasteiger partial charge in [0.25, 0.3) is 5.91 Å². The maximum atomic E-state index is 13.3. The largest absolute Gasteiger partial charge is 0.507 e. The number of benzene rings is 2. The van der Waals surface area contributed by atoms with E-state index in [4.69, 9.17) is 16.3 Å². The van der Waals surface area contributed by atoms with Crippen LogP contribution in [-0.4, -0.2) is 44.9 Å². The summed E-state index contributed by atoms with van der Waals surface area (Å²) in [5.41, 5.74) is 2.76. The standard InChI is InChI=1S/C23H24ClN3O4/c1-3-4-5-10-27-22(13-6-8-17(29)18(11-13)31-2)19-20(25-26-21(19)23(27)30)15-12-14(24)7-9-16(15)28/h6-9,11-12,22,28-29H,3-5,10H2,1-2H3,(H,25,26). The first-order valence-electron chi connectivity index (χ1n) is 10.2. The van der Waals surface area contributed by atoms with Crippen molar-refractivity contribution in [3.8, 4) is 28.5 Å². The van der Waals surface area contributed by atoms with Gasteiger partial charge in [-0.15, -0.1) is 0 Å². The van der Waals surface area contributed by atoms with Crippen LogP contribution in [0.25, 0.3) is 11.3 Å². The van der Waals surface area contributed by atoms with Gasteiger partial charge in [-0.05, 0) is 42.3 Å². The number of aromatic hydroxyl groups is 2. The number of aromatic amines is 1. The Morgan fingerprint density at radius 2 is 1.94 bits per heavy atom. The highest BCUT2D eigenvalue weighted by molar-refractivity contribution is 6.31. The first-order valence-corrected chi connectivity index (χ1v) is 10.6. The molecule has 1 aliphatic heterocycles. The van der Waals surface area contributed by atoms with E-state index in [1.165, 1.54) is 13.2 Å². The number of H-pyrrole nitrogens is 1. The van der Waals surface area contributed by atoms with Gasteiger partial charge >= 0.3 is 0 Å². The predicted molar refractivity (Wildman–Crippen MR) is 118 cm³/mol. The molecule has 162 valence electrons. The van der Waals surface area contributed by atoms with Gasteiger partial charge in [0, 0.05) is 22.7 Å². The van der Waals surface area contributed by atoms with Gasteiger partial charge < -0.3 is 19.8 Å². The van der Waals surface area contributed by atoms with Crippen molar-refractivity contribution in [1.82, 2.24) is 15.1 Å². The van der Waals surface area contributed by atoms with E-state index in [2.05, 4.69) is 17.1 Å². The summed E-state index contributed by atoms with van der Waals surface area (Å²) in [6, 6.07) is 9.34. The molecule has 1 atom stereocenters. The number of nitrogens with zero attached hydrogens (tertiary/aromatic N) is 2. The molecule has 0 bridgehead atoms. The number of amides is 1. The third kappa shape index (κ3) is 3.70. The molecule has 4 rings (SSSR count). The molecule has 0 saturated heterocycles. The minimum Gasteiger partial charge on any atom is -0.507 e. The number of carbonyl (C=O) groups excluding carboxylic acids is 1. The highest BCUT2D eigenvalue weighted by Gasteiger charge is 2.42. The molecular formula is C23H24ClN3O4. The predicted octanol–water partition coefficient (Wildman–Crippen LogP) is 4.89. The Hall–Kier alpha value is -3.19. The molecule has 1 aliphatic rings. The van der Waals surface area contributed by atoms with Crippen LogP contribution in [0, 0.1) is 0 Å². The zero-order valence-electron chi connectivity index (χ0n) is 17.4. The van der Waals surface area contributed by atoms with Crippen LogP contribution in [0.3, 0.4) is 0 Å². The van der Waals surface area contributed by atoms with E-state index in [1.807, 2.05) is 0 Å². The second kappa shape index (κ2) is 8.51. The van der Waals surface area contributed by atoms with Crippen LogP contribution in [0.2, 0.25) is 5.02 Å². The van der Waals surface area contributed by atoms with Gasteiger partial charge in [-0.1, -0.05) is 37.4 Å². The van der Waals surface area contributed by atoms with Gasteiger partial charge in [-0.2, -0.15) is 5.10 Å². The Bertz CT molecular complexity index is 1130. The lowest BCUT2D eigenvalue weighted by molar-refractivity contribution is 0.0740. The number of phenols is 2. The minimum absolute atomic E-state index is 0.0215. The number of ether oxygens (including phenoxy) is 1. The van der Waals surface area contributed by atoms with E-state index in [9.17, 15) is 15.0 Å². The zero-order chi connectivity index (χ0) is 22.1. The molecule has 0 radical (unpaired) electrons. The lowest BCUT2D eigenvalue weighted by Crippen LogP contribution is -2.30. The van der Waals surface area contributed by atoms with Crippen molar-refractivity contribution in [3.63, 3.8) is 0 Å².